The monoisotopic (exact) mass is 355 g/mol. The molecule has 26 heavy (non-hydrogen) atoms. The number of carbonyl (C=O) groups is 1. The topological polar surface area (TPSA) is 26.8 Å². The number of piperidine rings is 2. The molecule has 3 aliphatic rings. The first-order valence-corrected chi connectivity index (χ1v) is 10.5. The highest BCUT2D eigenvalue weighted by atomic mass is 16.2. The molecule has 0 spiro atoms. The van der Waals surface area contributed by atoms with Crippen molar-refractivity contribution in [2.24, 2.45) is 5.92 Å². The van der Waals surface area contributed by atoms with Crippen molar-refractivity contribution < 1.29 is 4.79 Å². The predicted molar refractivity (Wildman–Crippen MR) is 107 cm³/mol. The van der Waals surface area contributed by atoms with Crippen LogP contribution >= 0.6 is 0 Å². The zero-order valence-corrected chi connectivity index (χ0v) is 16.4. The number of carbonyl (C=O) groups excluding carboxylic acids is 1. The Kier molecular flexibility index (Phi) is 5.32. The van der Waals surface area contributed by atoms with Crippen LogP contribution in [0.5, 0.6) is 0 Å². The molecule has 3 aliphatic heterocycles. The molecule has 3 heterocycles. The van der Waals surface area contributed by atoms with Crippen molar-refractivity contribution in [3.63, 3.8) is 0 Å². The van der Waals surface area contributed by atoms with Crippen molar-refractivity contribution in [1.29, 1.82) is 0 Å². The third kappa shape index (κ3) is 3.81. The summed E-state index contributed by atoms with van der Waals surface area (Å²) in [5.41, 5.74) is 3.54. The van der Waals surface area contributed by atoms with Crippen LogP contribution in [0.1, 0.15) is 43.2 Å². The number of piperazine rings is 1. The Balaban J connectivity index is 1.38. The Labute approximate surface area is 158 Å². The molecule has 0 saturated carbocycles. The van der Waals surface area contributed by atoms with Crippen LogP contribution in [0.4, 0.5) is 5.69 Å². The zero-order chi connectivity index (χ0) is 18.1. The smallest absolute Gasteiger partial charge is 0.241 e. The number of rotatable bonds is 3. The molecule has 4 nitrogen and oxygen atoms in total. The van der Waals surface area contributed by atoms with E-state index in [4.69, 9.17) is 0 Å². The lowest BCUT2D eigenvalue weighted by molar-refractivity contribution is -0.121. The molecule has 0 N–H and O–H groups in total. The van der Waals surface area contributed by atoms with Crippen LogP contribution in [-0.4, -0.2) is 61.0 Å². The van der Waals surface area contributed by atoms with Crippen LogP contribution in [0.3, 0.4) is 0 Å². The molecule has 0 aliphatic carbocycles. The highest BCUT2D eigenvalue weighted by molar-refractivity contribution is 5.95. The molecule has 2 atom stereocenters. The van der Waals surface area contributed by atoms with Crippen LogP contribution < -0.4 is 4.90 Å². The third-order valence-corrected chi connectivity index (χ3v) is 6.54. The highest BCUT2D eigenvalue weighted by Gasteiger charge is 2.35. The average molecular weight is 356 g/mol. The number of benzene rings is 1. The fraction of sp³-hybridized carbons (Fsp3) is 0.682. The van der Waals surface area contributed by atoms with Gasteiger partial charge in [-0.3, -0.25) is 9.69 Å². The van der Waals surface area contributed by atoms with Gasteiger partial charge in [-0.2, -0.15) is 0 Å². The van der Waals surface area contributed by atoms with Gasteiger partial charge in [0.1, 0.15) is 0 Å². The minimum atomic E-state index is 0.262. The quantitative estimate of drug-likeness (QED) is 0.833. The lowest BCUT2D eigenvalue weighted by atomic mass is 9.83. The van der Waals surface area contributed by atoms with Crippen LogP contribution in [0.25, 0.3) is 0 Å². The van der Waals surface area contributed by atoms with Gasteiger partial charge in [0.05, 0.1) is 6.54 Å². The van der Waals surface area contributed by atoms with Crippen LogP contribution in [-0.2, 0) is 4.79 Å². The first kappa shape index (κ1) is 18.0. The van der Waals surface area contributed by atoms with E-state index < -0.39 is 0 Å². The van der Waals surface area contributed by atoms with Gasteiger partial charge in [-0.25, -0.2) is 0 Å². The lowest BCUT2D eigenvalue weighted by Gasteiger charge is -2.46. The van der Waals surface area contributed by atoms with Gasteiger partial charge in [0, 0.05) is 31.4 Å². The second kappa shape index (κ2) is 7.69. The molecule has 0 radical (unpaired) electrons. The van der Waals surface area contributed by atoms with Crippen molar-refractivity contribution in [2.75, 3.05) is 44.2 Å². The van der Waals surface area contributed by atoms with Gasteiger partial charge in [-0.1, -0.05) is 12.5 Å². The summed E-state index contributed by atoms with van der Waals surface area (Å²) in [5, 5.41) is 0. The summed E-state index contributed by atoms with van der Waals surface area (Å²) >= 11 is 0. The summed E-state index contributed by atoms with van der Waals surface area (Å²) in [4.78, 5) is 20.0. The van der Waals surface area contributed by atoms with Crippen molar-refractivity contribution in [2.45, 2.75) is 52.0 Å². The second-order valence-corrected chi connectivity index (χ2v) is 8.63. The molecular formula is C22H33N3O. The van der Waals surface area contributed by atoms with E-state index in [9.17, 15) is 4.79 Å². The van der Waals surface area contributed by atoms with Crippen molar-refractivity contribution in [1.82, 2.24) is 9.80 Å². The molecule has 142 valence electrons. The van der Waals surface area contributed by atoms with Gasteiger partial charge in [-0.05, 0) is 81.8 Å². The summed E-state index contributed by atoms with van der Waals surface area (Å²) in [5.74, 6) is 1.02. The predicted octanol–water partition coefficient (Wildman–Crippen LogP) is 3.22. The summed E-state index contributed by atoms with van der Waals surface area (Å²) in [6, 6.07) is 7.22. The van der Waals surface area contributed by atoms with E-state index in [0.717, 1.165) is 37.3 Å². The number of aryl methyl sites for hydroxylation is 2. The van der Waals surface area contributed by atoms with Crippen LogP contribution in [0.2, 0.25) is 0 Å². The Morgan fingerprint density at radius 1 is 0.923 bits per heavy atom. The summed E-state index contributed by atoms with van der Waals surface area (Å²) in [6.07, 6.45) is 6.79. The highest BCUT2D eigenvalue weighted by Crippen LogP contribution is 2.32. The number of amides is 1. The van der Waals surface area contributed by atoms with E-state index >= 15 is 0 Å². The molecule has 0 aromatic heterocycles. The number of hydrogen-bond acceptors (Lipinski definition) is 3. The first-order chi connectivity index (χ1) is 12.6. The maximum absolute atomic E-state index is 12.8. The van der Waals surface area contributed by atoms with E-state index in [1.54, 1.807) is 0 Å². The van der Waals surface area contributed by atoms with Gasteiger partial charge in [0.25, 0.3) is 0 Å². The van der Waals surface area contributed by atoms with Crippen molar-refractivity contribution in [3.05, 3.63) is 29.3 Å². The molecule has 3 fully saturated rings. The normalized spacial score (nSPS) is 28.2. The molecular weight excluding hydrogens is 322 g/mol. The lowest BCUT2D eigenvalue weighted by Crippen LogP contribution is -2.55. The van der Waals surface area contributed by atoms with E-state index in [1.807, 2.05) is 4.90 Å². The molecule has 3 saturated heterocycles. The minimum absolute atomic E-state index is 0.262. The number of fused-ring (bicyclic) bond motifs is 1. The molecule has 0 bridgehead atoms. The molecule has 1 amide bonds. The third-order valence-electron chi connectivity index (χ3n) is 6.54. The molecule has 4 rings (SSSR count). The standard InChI is InChI=1S/C22H33N3O/c1-17-12-18(2)14-20(13-17)25-11-10-23(16-22(25)26)15-19-6-5-9-24-8-4-3-7-21(19)24/h12-14,19,21H,3-11,15-16H2,1-2H3/t19-,21+/m0/s1. The molecule has 0 unspecified atom stereocenters. The zero-order valence-electron chi connectivity index (χ0n) is 16.4. The van der Waals surface area contributed by atoms with E-state index in [0.29, 0.717) is 6.54 Å². The molecule has 1 aromatic rings. The molecule has 4 heteroatoms. The maximum atomic E-state index is 12.8. The summed E-state index contributed by atoms with van der Waals surface area (Å²) in [7, 11) is 0. The Morgan fingerprint density at radius 3 is 2.46 bits per heavy atom. The van der Waals surface area contributed by atoms with E-state index in [-0.39, 0.29) is 5.91 Å². The Bertz CT molecular complexity index is 637. The first-order valence-electron chi connectivity index (χ1n) is 10.5. The fourth-order valence-corrected chi connectivity index (χ4v) is 5.38. The van der Waals surface area contributed by atoms with Gasteiger partial charge >= 0.3 is 0 Å². The van der Waals surface area contributed by atoms with Gasteiger partial charge in [0.15, 0.2) is 0 Å². The summed E-state index contributed by atoms with van der Waals surface area (Å²) in [6.45, 7) is 10.3. The molecule has 1 aromatic carbocycles. The maximum Gasteiger partial charge on any atom is 0.241 e. The SMILES string of the molecule is Cc1cc(C)cc(N2CCN(C[C@@H]3CCCN4CCCC[C@H]34)CC2=O)c1. The van der Waals surface area contributed by atoms with Gasteiger partial charge in [-0.15, -0.1) is 0 Å². The Hall–Kier alpha value is -1.39. The summed E-state index contributed by atoms with van der Waals surface area (Å²) < 4.78 is 0. The minimum Gasteiger partial charge on any atom is -0.310 e. The fourth-order valence-electron chi connectivity index (χ4n) is 5.38. The second-order valence-electron chi connectivity index (χ2n) is 8.63. The van der Waals surface area contributed by atoms with Crippen molar-refractivity contribution in [3.8, 4) is 0 Å². The van der Waals surface area contributed by atoms with Crippen molar-refractivity contribution >= 4 is 11.6 Å². The van der Waals surface area contributed by atoms with Crippen LogP contribution in [0.15, 0.2) is 18.2 Å². The number of nitrogens with zero attached hydrogens (tertiary/aromatic N) is 3. The van der Waals surface area contributed by atoms with Gasteiger partial charge < -0.3 is 9.80 Å². The Morgan fingerprint density at radius 2 is 1.69 bits per heavy atom. The number of hydrogen-bond donors (Lipinski definition) is 0. The van der Waals surface area contributed by atoms with E-state index in [2.05, 4.69) is 41.8 Å². The van der Waals surface area contributed by atoms with E-state index in [1.165, 1.54) is 56.3 Å². The average Bonchev–Trinajstić information content (AvgIpc) is 2.61. The van der Waals surface area contributed by atoms with Crippen LogP contribution in [0, 0.1) is 19.8 Å². The largest absolute Gasteiger partial charge is 0.310 e. The van der Waals surface area contributed by atoms with Gasteiger partial charge in [0.2, 0.25) is 5.91 Å². The number of anilines is 1.